The molecule has 0 aromatic heterocycles. The van der Waals surface area contributed by atoms with E-state index in [2.05, 4.69) is 0 Å². The smallest absolute Gasteiger partial charge is 0.332 e. The van der Waals surface area contributed by atoms with Crippen LogP contribution in [-0.4, -0.2) is 63.3 Å². The molecule has 0 unspecified atom stereocenters. The maximum Gasteiger partial charge on any atom is 0.332 e. The van der Waals surface area contributed by atoms with Crippen LogP contribution in [0.1, 0.15) is 26.3 Å². The van der Waals surface area contributed by atoms with E-state index in [1.165, 1.54) is 4.31 Å². The van der Waals surface area contributed by atoms with Crippen molar-refractivity contribution in [1.82, 2.24) is 4.31 Å². The van der Waals surface area contributed by atoms with E-state index in [9.17, 15) is 13.2 Å². The van der Waals surface area contributed by atoms with Crippen molar-refractivity contribution in [2.24, 2.45) is 0 Å². The number of esters is 1. The molecular weight excluding hydrogens is 358 g/mol. The minimum Gasteiger partial charge on any atom is -0.458 e. The zero-order valence-electron chi connectivity index (χ0n) is 15.7. The van der Waals surface area contributed by atoms with Gasteiger partial charge in [-0.05, 0) is 39.3 Å². The number of carbonyl (C=O) groups is 1. The fourth-order valence-electron chi connectivity index (χ4n) is 2.71. The molecule has 1 heterocycles. The fraction of sp³-hybridized carbons (Fsp3) is 0.611. The van der Waals surface area contributed by atoms with Crippen LogP contribution in [0.15, 0.2) is 29.2 Å². The number of hydrogen-bond donors (Lipinski definition) is 0. The molecule has 0 spiro atoms. The van der Waals surface area contributed by atoms with Gasteiger partial charge in [-0.25, -0.2) is 13.2 Å². The van der Waals surface area contributed by atoms with Crippen LogP contribution in [0.4, 0.5) is 0 Å². The minimum atomic E-state index is -3.66. The zero-order chi connectivity index (χ0) is 19.4. The Kier molecular flexibility index (Phi) is 6.79. The topological polar surface area (TPSA) is 82.1 Å². The summed E-state index contributed by atoms with van der Waals surface area (Å²) >= 11 is 0. The van der Waals surface area contributed by atoms with Gasteiger partial charge < -0.3 is 14.2 Å². The number of hydrogen-bond acceptors (Lipinski definition) is 6. The molecule has 1 aromatic rings. The third kappa shape index (κ3) is 5.51. The first-order valence-corrected chi connectivity index (χ1v) is 10.00. The standard InChI is InChI=1S/C18H27NO6S/c1-14-7-5-6-8-16(14)26(21,22)19-9-10-23-11-15(19)12-24-13-17(20)25-18(2,3)4/h5-8,15H,9-13H2,1-4H3/t15-/m0/s1. The van der Waals surface area contributed by atoms with Gasteiger partial charge in [-0.1, -0.05) is 18.2 Å². The summed E-state index contributed by atoms with van der Waals surface area (Å²) in [6, 6.07) is 6.37. The number of carbonyl (C=O) groups excluding carboxylic acids is 1. The average Bonchev–Trinajstić information content (AvgIpc) is 2.53. The van der Waals surface area contributed by atoms with Crippen molar-refractivity contribution in [3.8, 4) is 0 Å². The molecule has 1 aromatic carbocycles. The van der Waals surface area contributed by atoms with Crippen LogP contribution in [0.2, 0.25) is 0 Å². The van der Waals surface area contributed by atoms with Gasteiger partial charge in [0, 0.05) is 6.54 Å². The van der Waals surface area contributed by atoms with Crippen LogP contribution in [0.3, 0.4) is 0 Å². The van der Waals surface area contributed by atoms with Crippen molar-refractivity contribution < 1.29 is 27.4 Å². The molecule has 1 aliphatic heterocycles. The fourth-order valence-corrected chi connectivity index (χ4v) is 4.52. The molecule has 1 saturated heterocycles. The number of nitrogens with zero attached hydrogens (tertiary/aromatic N) is 1. The molecule has 146 valence electrons. The number of ether oxygens (including phenoxy) is 3. The largest absolute Gasteiger partial charge is 0.458 e. The average molecular weight is 385 g/mol. The molecule has 1 aliphatic rings. The maximum atomic E-state index is 13.0. The van der Waals surface area contributed by atoms with Gasteiger partial charge in [-0.3, -0.25) is 0 Å². The van der Waals surface area contributed by atoms with Crippen LogP contribution in [0.25, 0.3) is 0 Å². The monoisotopic (exact) mass is 385 g/mol. The van der Waals surface area contributed by atoms with E-state index in [0.29, 0.717) is 12.2 Å². The lowest BCUT2D eigenvalue weighted by molar-refractivity contribution is -0.161. The summed E-state index contributed by atoms with van der Waals surface area (Å²) in [5.74, 6) is -0.484. The maximum absolute atomic E-state index is 13.0. The Morgan fingerprint density at radius 1 is 1.31 bits per heavy atom. The number of benzene rings is 1. The first-order chi connectivity index (χ1) is 12.1. The summed E-state index contributed by atoms with van der Waals surface area (Å²) in [6.45, 7) is 7.71. The SMILES string of the molecule is Cc1ccccc1S(=O)(=O)N1CCOC[C@H]1COCC(=O)OC(C)(C)C. The van der Waals surface area contributed by atoms with Gasteiger partial charge in [0.05, 0.1) is 30.8 Å². The summed E-state index contributed by atoms with van der Waals surface area (Å²) < 4.78 is 43.4. The van der Waals surface area contributed by atoms with Crippen molar-refractivity contribution in [2.75, 3.05) is 33.0 Å². The van der Waals surface area contributed by atoms with Crippen LogP contribution in [0.5, 0.6) is 0 Å². The van der Waals surface area contributed by atoms with Crippen molar-refractivity contribution in [1.29, 1.82) is 0 Å². The van der Waals surface area contributed by atoms with Crippen LogP contribution < -0.4 is 0 Å². The van der Waals surface area contributed by atoms with Gasteiger partial charge in [-0.2, -0.15) is 4.31 Å². The molecule has 0 aliphatic carbocycles. The van der Waals surface area contributed by atoms with E-state index in [1.807, 2.05) is 0 Å². The summed E-state index contributed by atoms with van der Waals surface area (Å²) in [5, 5.41) is 0. The highest BCUT2D eigenvalue weighted by Crippen LogP contribution is 2.23. The third-order valence-corrected chi connectivity index (χ3v) is 5.92. The van der Waals surface area contributed by atoms with Gasteiger partial charge in [0.15, 0.2) is 0 Å². The second-order valence-corrected chi connectivity index (χ2v) is 9.07. The van der Waals surface area contributed by atoms with E-state index >= 15 is 0 Å². The number of sulfonamides is 1. The second kappa shape index (κ2) is 8.47. The Hall–Kier alpha value is -1.48. The number of rotatable bonds is 6. The van der Waals surface area contributed by atoms with Crippen molar-refractivity contribution in [2.45, 2.75) is 44.2 Å². The van der Waals surface area contributed by atoms with Gasteiger partial charge in [0.2, 0.25) is 10.0 Å². The summed E-state index contributed by atoms with van der Waals surface area (Å²) in [4.78, 5) is 12.0. The Labute approximate surface area is 155 Å². The molecule has 8 heteroatoms. The molecule has 0 radical (unpaired) electrons. The summed E-state index contributed by atoms with van der Waals surface area (Å²) in [5.41, 5.74) is 0.0987. The molecule has 7 nitrogen and oxygen atoms in total. The van der Waals surface area contributed by atoms with Crippen molar-refractivity contribution in [3.05, 3.63) is 29.8 Å². The summed E-state index contributed by atoms with van der Waals surface area (Å²) in [7, 11) is -3.66. The lowest BCUT2D eigenvalue weighted by Crippen LogP contribution is -2.51. The predicted molar refractivity (Wildman–Crippen MR) is 96.3 cm³/mol. The molecule has 0 bridgehead atoms. The first kappa shape index (κ1) is 20.8. The van der Waals surface area contributed by atoms with Gasteiger partial charge in [0.1, 0.15) is 12.2 Å². The lowest BCUT2D eigenvalue weighted by Gasteiger charge is -2.34. The van der Waals surface area contributed by atoms with E-state index in [0.717, 1.165) is 0 Å². The van der Waals surface area contributed by atoms with E-state index in [-0.39, 0.29) is 31.3 Å². The molecule has 0 saturated carbocycles. The highest BCUT2D eigenvalue weighted by atomic mass is 32.2. The number of aryl methyl sites for hydroxylation is 1. The van der Waals surface area contributed by atoms with Gasteiger partial charge in [0.25, 0.3) is 0 Å². The van der Waals surface area contributed by atoms with Gasteiger partial charge >= 0.3 is 5.97 Å². The van der Waals surface area contributed by atoms with Crippen LogP contribution in [-0.2, 0) is 29.0 Å². The van der Waals surface area contributed by atoms with E-state index in [4.69, 9.17) is 14.2 Å². The third-order valence-electron chi connectivity index (χ3n) is 3.80. The predicted octanol–water partition coefficient (Wildman–Crippen LogP) is 1.74. The lowest BCUT2D eigenvalue weighted by atomic mass is 10.2. The summed E-state index contributed by atoms with van der Waals surface area (Å²) in [6.07, 6.45) is 0. The van der Waals surface area contributed by atoms with E-state index < -0.39 is 27.6 Å². The number of morpholine rings is 1. The highest BCUT2D eigenvalue weighted by Gasteiger charge is 2.35. The van der Waals surface area contributed by atoms with Crippen molar-refractivity contribution >= 4 is 16.0 Å². The Bertz CT molecular complexity index is 725. The molecule has 0 amide bonds. The second-order valence-electron chi connectivity index (χ2n) is 7.21. The molecule has 1 fully saturated rings. The van der Waals surface area contributed by atoms with E-state index in [1.54, 1.807) is 52.0 Å². The van der Waals surface area contributed by atoms with Gasteiger partial charge in [-0.15, -0.1) is 0 Å². The quantitative estimate of drug-likeness (QED) is 0.694. The van der Waals surface area contributed by atoms with Crippen LogP contribution >= 0.6 is 0 Å². The molecule has 0 N–H and O–H groups in total. The van der Waals surface area contributed by atoms with Crippen LogP contribution in [0, 0.1) is 6.92 Å². The Balaban J connectivity index is 2.04. The highest BCUT2D eigenvalue weighted by molar-refractivity contribution is 7.89. The minimum absolute atomic E-state index is 0.0599. The van der Waals surface area contributed by atoms with Crippen molar-refractivity contribution in [3.63, 3.8) is 0 Å². The Morgan fingerprint density at radius 2 is 2.00 bits per heavy atom. The molecule has 26 heavy (non-hydrogen) atoms. The zero-order valence-corrected chi connectivity index (χ0v) is 16.5. The molecule has 2 rings (SSSR count). The molecule has 1 atom stereocenters. The first-order valence-electron chi connectivity index (χ1n) is 8.56. The Morgan fingerprint density at radius 3 is 2.65 bits per heavy atom. The normalized spacial score (nSPS) is 19.3. The molecular formula is C18H27NO6S.